The maximum Gasteiger partial charge on any atom is 0.307 e. The molecule has 146 valence electrons. The summed E-state index contributed by atoms with van der Waals surface area (Å²) in [6, 6.07) is 28.0. The maximum atomic E-state index is 11.7. The van der Waals surface area contributed by atoms with Crippen LogP contribution in [0, 0.1) is 0 Å². The molecule has 0 saturated carbocycles. The number of anilines is 1. The minimum absolute atomic E-state index is 0.559. The third-order valence-electron chi connectivity index (χ3n) is 4.79. The molecular formula is C24H22BrN2OS+. The van der Waals surface area contributed by atoms with E-state index in [1.807, 2.05) is 96.4 Å². The van der Waals surface area contributed by atoms with Gasteiger partial charge in [-0.15, -0.1) is 0 Å². The first-order valence-corrected chi connectivity index (χ1v) is 11.2. The van der Waals surface area contributed by atoms with Crippen LogP contribution < -0.4 is 5.32 Å². The van der Waals surface area contributed by atoms with E-state index < -0.39 is 5.72 Å². The molecule has 0 spiro atoms. The van der Waals surface area contributed by atoms with Crippen LogP contribution in [0.1, 0.15) is 12.5 Å². The summed E-state index contributed by atoms with van der Waals surface area (Å²) in [7, 11) is 0. The van der Waals surface area contributed by atoms with Crippen LogP contribution in [0.25, 0.3) is 0 Å². The number of nitrogens with zero attached hydrogens (tertiary/aromatic N) is 1. The lowest BCUT2D eigenvalue weighted by atomic mass is 10.0. The molecule has 0 saturated heterocycles. The van der Waals surface area contributed by atoms with Crippen LogP contribution in [0.2, 0.25) is 0 Å². The average Bonchev–Trinajstić information content (AvgIpc) is 3.08. The number of aliphatic hydroxyl groups is 1. The molecule has 0 unspecified atom stereocenters. The molecular weight excluding hydrogens is 444 g/mol. The zero-order chi connectivity index (χ0) is 20.3. The van der Waals surface area contributed by atoms with E-state index in [9.17, 15) is 5.11 Å². The van der Waals surface area contributed by atoms with Crippen LogP contribution >= 0.6 is 27.7 Å². The number of nitrogens with one attached hydrogen (secondary N) is 1. The van der Waals surface area contributed by atoms with E-state index in [0.717, 1.165) is 32.2 Å². The van der Waals surface area contributed by atoms with E-state index in [2.05, 4.69) is 27.3 Å². The predicted octanol–water partition coefficient (Wildman–Crippen LogP) is 6.10. The van der Waals surface area contributed by atoms with Crippen molar-refractivity contribution in [1.82, 2.24) is 0 Å². The van der Waals surface area contributed by atoms with Gasteiger partial charge >= 0.3 is 5.72 Å². The number of allylic oxidation sites excluding steroid dienone is 1. The zero-order valence-electron chi connectivity index (χ0n) is 16.0. The summed E-state index contributed by atoms with van der Waals surface area (Å²) in [4.78, 5) is 0. The molecule has 0 bridgehead atoms. The Morgan fingerprint density at radius 3 is 2.28 bits per heavy atom. The van der Waals surface area contributed by atoms with Crippen LogP contribution in [0.15, 0.2) is 101 Å². The fourth-order valence-corrected chi connectivity index (χ4v) is 4.96. The smallest absolute Gasteiger partial charge is 0.307 e. The van der Waals surface area contributed by atoms with Crippen molar-refractivity contribution in [3.05, 3.63) is 107 Å². The topological polar surface area (TPSA) is 35.3 Å². The number of hydrogen-bond acceptors (Lipinski definition) is 3. The molecule has 29 heavy (non-hydrogen) atoms. The fraction of sp³-hybridized carbons (Fsp3) is 0.125. The summed E-state index contributed by atoms with van der Waals surface area (Å²) < 4.78 is 3.08. The second-order valence-corrected chi connectivity index (χ2v) is 8.85. The molecule has 3 nitrogen and oxygen atoms in total. The summed E-state index contributed by atoms with van der Waals surface area (Å²) in [5, 5.41) is 16.1. The number of halogens is 1. The number of hydrogen-bond donors (Lipinski definition) is 2. The molecule has 0 fully saturated rings. The Hall–Kier alpha value is -2.34. The SMILES string of the molecule is C/C(=C/C1=[N+](c2ccccc2)[C@@](O)(c2ccccc2)CS1)Nc1ccc(Br)cc1. The minimum Gasteiger partial charge on any atom is -0.359 e. The first-order valence-electron chi connectivity index (χ1n) is 9.40. The highest BCUT2D eigenvalue weighted by molar-refractivity contribution is 9.10. The third kappa shape index (κ3) is 4.32. The van der Waals surface area contributed by atoms with Crippen molar-refractivity contribution in [1.29, 1.82) is 0 Å². The van der Waals surface area contributed by atoms with Crippen LogP contribution in [0.5, 0.6) is 0 Å². The molecule has 1 atom stereocenters. The van der Waals surface area contributed by atoms with Gasteiger partial charge in [-0.25, -0.2) is 0 Å². The lowest BCUT2D eigenvalue weighted by Gasteiger charge is -2.20. The lowest BCUT2D eigenvalue weighted by Crippen LogP contribution is -2.36. The molecule has 3 aromatic carbocycles. The predicted molar refractivity (Wildman–Crippen MR) is 126 cm³/mol. The first kappa shape index (κ1) is 20.0. The molecule has 5 heteroatoms. The Morgan fingerprint density at radius 2 is 1.62 bits per heavy atom. The van der Waals surface area contributed by atoms with Gasteiger partial charge in [-0.1, -0.05) is 52.3 Å². The summed E-state index contributed by atoms with van der Waals surface area (Å²) in [6.07, 6.45) is 2.10. The molecule has 4 rings (SSSR count). The van der Waals surface area contributed by atoms with Gasteiger partial charge in [0.1, 0.15) is 5.75 Å². The van der Waals surface area contributed by atoms with Gasteiger partial charge in [0.15, 0.2) is 0 Å². The normalized spacial score (nSPS) is 19.5. The second kappa shape index (κ2) is 8.57. The Labute approximate surface area is 183 Å². The highest BCUT2D eigenvalue weighted by atomic mass is 79.9. The molecule has 0 radical (unpaired) electrons. The number of thioether (sulfide) groups is 1. The van der Waals surface area contributed by atoms with Gasteiger partial charge in [0.05, 0.1) is 5.56 Å². The number of rotatable bonds is 5. The Bertz CT molecular complexity index is 1050. The number of benzene rings is 3. The van der Waals surface area contributed by atoms with Crippen molar-refractivity contribution in [3.8, 4) is 0 Å². The van der Waals surface area contributed by atoms with Crippen molar-refractivity contribution in [2.45, 2.75) is 12.6 Å². The molecule has 0 aromatic heterocycles. The maximum absolute atomic E-state index is 11.7. The van der Waals surface area contributed by atoms with Crippen LogP contribution in [0.3, 0.4) is 0 Å². The van der Waals surface area contributed by atoms with E-state index in [4.69, 9.17) is 0 Å². The zero-order valence-corrected chi connectivity index (χ0v) is 18.5. The molecule has 0 amide bonds. The van der Waals surface area contributed by atoms with Crippen LogP contribution in [0.4, 0.5) is 11.4 Å². The molecule has 2 N–H and O–H groups in total. The Kier molecular flexibility index (Phi) is 5.90. The van der Waals surface area contributed by atoms with Crippen molar-refractivity contribution < 1.29 is 9.68 Å². The Morgan fingerprint density at radius 1 is 1.00 bits per heavy atom. The van der Waals surface area contributed by atoms with Crippen molar-refractivity contribution >= 4 is 44.1 Å². The van der Waals surface area contributed by atoms with E-state index in [0.29, 0.717) is 5.75 Å². The van der Waals surface area contributed by atoms with Crippen LogP contribution in [-0.2, 0) is 5.72 Å². The molecule has 1 aliphatic heterocycles. The molecule has 0 aliphatic carbocycles. The van der Waals surface area contributed by atoms with E-state index in [-0.39, 0.29) is 0 Å². The molecule has 1 aliphatic rings. The van der Waals surface area contributed by atoms with Gasteiger partial charge in [0, 0.05) is 34.1 Å². The third-order valence-corrected chi connectivity index (χ3v) is 6.46. The largest absolute Gasteiger partial charge is 0.359 e. The van der Waals surface area contributed by atoms with Crippen molar-refractivity contribution in [2.24, 2.45) is 0 Å². The van der Waals surface area contributed by atoms with Gasteiger partial charge in [-0.3, -0.25) is 0 Å². The monoisotopic (exact) mass is 465 g/mol. The van der Waals surface area contributed by atoms with Crippen molar-refractivity contribution in [2.75, 3.05) is 11.1 Å². The fourth-order valence-electron chi connectivity index (χ4n) is 3.41. The minimum atomic E-state index is -1.10. The van der Waals surface area contributed by atoms with E-state index in [1.54, 1.807) is 11.8 Å². The summed E-state index contributed by atoms with van der Waals surface area (Å²) in [6.45, 7) is 2.04. The average molecular weight is 466 g/mol. The van der Waals surface area contributed by atoms with Gasteiger partial charge in [-0.05, 0) is 55.1 Å². The molecule has 3 aromatic rings. The first-order chi connectivity index (χ1) is 14.1. The lowest BCUT2D eigenvalue weighted by molar-refractivity contribution is -0.592. The van der Waals surface area contributed by atoms with Gasteiger partial charge < -0.3 is 10.4 Å². The standard InChI is InChI=1S/C24H21BrN2OS/c1-18(26-21-14-12-20(25)13-15-21)16-23-27(22-10-6-3-7-11-22)24(28,17-29-23)19-8-4-2-5-9-19/h2-16,28H,17H2,1H3/p+1/t24-/m0/s1. The molecule has 1 heterocycles. The van der Waals surface area contributed by atoms with Gasteiger partial charge in [-0.2, -0.15) is 4.58 Å². The van der Waals surface area contributed by atoms with Gasteiger partial charge in [0.2, 0.25) is 10.7 Å². The van der Waals surface area contributed by atoms with E-state index in [1.165, 1.54) is 0 Å². The van der Waals surface area contributed by atoms with Crippen molar-refractivity contribution in [3.63, 3.8) is 0 Å². The Balaban J connectivity index is 1.75. The summed E-state index contributed by atoms with van der Waals surface area (Å²) >= 11 is 5.12. The summed E-state index contributed by atoms with van der Waals surface area (Å²) in [5.74, 6) is 0.559. The van der Waals surface area contributed by atoms with Crippen LogP contribution in [-0.4, -0.2) is 20.5 Å². The second-order valence-electron chi connectivity index (χ2n) is 6.94. The van der Waals surface area contributed by atoms with E-state index >= 15 is 0 Å². The number of para-hydroxylation sites is 1. The van der Waals surface area contributed by atoms with Gasteiger partial charge in [0.25, 0.3) is 0 Å². The summed E-state index contributed by atoms with van der Waals surface area (Å²) in [5.41, 5.74) is 2.78. The highest BCUT2D eigenvalue weighted by Gasteiger charge is 2.50. The highest BCUT2D eigenvalue weighted by Crippen LogP contribution is 2.39. The quantitative estimate of drug-likeness (QED) is 0.446.